The van der Waals surface area contributed by atoms with Gasteiger partial charge in [-0.25, -0.2) is 4.57 Å². The van der Waals surface area contributed by atoms with Crippen LogP contribution < -0.4 is 0 Å². The van der Waals surface area contributed by atoms with Crippen molar-refractivity contribution in [1.29, 1.82) is 0 Å². The SMILES string of the molecule is CCCCCCCCCCCCCCCCCCOCC(COP(=O)(O)OC1C(O)C(O)C(O)C(O)C1O)OC(=O)CCCCCCCCCCC. The van der Waals surface area contributed by atoms with E-state index in [2.05, 4.69) is 13.8 Å². The summed E-state index contributed by atoms with van der Waals surface area (Å²) >= 11 is 0. The Balaban J connectivity index is 2.39. The second-order valence-electron chi connectivity index (χ2n) is 14.9. The van der Waals surface area contributed by atoms with Gasteiger partial charge in [-0.3, -0.25) is 13.8 Å². The molecule has 0 bridgehead atoms. The Morgan fingerprint density at radius 3 is 1.33 bits per heavy atom. The number of phosphoric ester groups is 1. The van der Waals surface area contributed by atoms with Crippen LogP contribution in [-0.4, -0.2) is 98.9 Å². The molecule has 6 N–H and O–H groups in total. The fraction of sp³-hybridized carbons (Fsp3) is 0.974. The Morgan fingerprint density at radius 2 is 0.904 bits per heavy atom. The number of esters is 1. The van der Waals surface area contributed by atoms with Crippen molar-refractivity contribution in [3.05, 3.63) is 0 Å². The van der Waals surface area contributed by atoms with Crippen LogP contribution in [0.5, 0.6) is 0 Å². The van der Waals surface area contributed by atoms with Gasteiger partial charge >= 0.3 is 13.8 Å². The van der Waals surface area contributed by atoms with Gasteiger partial charge in [-0.1, -0.05) is 162 Å². The highest BCUT2D eigenvalue weighted by molar-refractivity contribution is 7.47. The van der Waals surface area contributed by atoms with Crippen molar-refractivity contribution in [2.24, 2.45) is 0 Å². The number of aliphatic hydroxyl groups excluding tert-OH is 5. The molecule has 0 saturated heterocycles. The lowest BCUT2D eigenvalue weighted by Gasteiger charge is -2.41. The molecule has 0 heterocycles. The molecule has 12 nitrogen and oxygen atoms in total. The number of carbonyl (C=O) groups is 1. The molecule has 1 rings (SSSR count). The molecule has 0 aromatic rings. The van der Waals surface area contributed by atoms with Gasteiger partial charge in [0.1, 0.15) is 42.7 Å². The van der Waals surface area contributed by atoms with Crippen molar-refractivity contribution in [1.82, 2.24) is 0 Å². The summed E-state index contributed by atoms with van der Waals surface area (Å²) in [6.07, 6.45) is 17.6. The first-order chi connectivity index (χ1) is 25.0. The minimum atomic E-state index is -5.00. The number of unbranched alkanes of at least 4 members (excludes halogenated alkanes) is 23. The predicted molar refractivity (Wildman–Crippen MR) is 203 cm³/mol. The molecule has 0 radical (unpaired) electrons. The predicted octanol–water partition coefficient (Wildman–Crippen LogP) is 7.42. The third-order valence-electron chi connectivity index (χ3n) is 9.98. The Kier molecular flexibility index (Phi) is 29.9. The molecule has 52 heavy (non-hydrogen) atoms. The maximum Gasteiger partial charge on any atom is 0.472 e. The van der Waals surface area contributed by atoms with Gasteiger partial charge in [-0.15, -0.1) is 0 Å². The Morgan fingerprint density at radius 1 is 0.538 bits per heavy atom. The number of phosphoric acid groups is 1. The van der Waals surface area contributed by atoms with Crippen molar-refractivity contribution in [3.63, 3.8) is 0 Å². The first-order valence-electron chi connectivity index (χ1n) is 20.9. The summed E-state index contributed by atoms with van der Waals surface area (Å²) in [6, 6.07) is 0. The third-order valence-corrected chi connectivity index (χ3v) is 11.0. The summed E-state index contributed by atoms with van der Waals surface area (Å²) in [5.41, 5.74) is 0. The summed E-state index contributed by atoms with van der Waals surface area (Å²) < 4.78 is 34.0. The van der Waals surface area contributed by atoms with Gasteiger partial charge in [-0.2, -0.15) is 0 Å². The second-order valence-corrected chi connectivity index (χ2v) is 16.3. The zero-order chi connectivity index (χ0) is 38.5. The van der Waals surface area contributed by atoms with Gasteiger partial charge < -0.3 is 39.9 Å². The van der Waals surface area contributed by atoms with E-state index in [9.17, 15) is 39.8 Å². The monoisotopic (exact) mass is 769 g/mol. The smallest absolute Gasteiger partial charge is 0.457 e. The van der Waals surface area contributed by atoms with E-state index in [-0.39, 0.29) is 13.0 Å². The van der Waals surface area contributed by atoms with E-state index >= 15 is 0 Å². The van der Waals surface area contributed by atoms with Crippen molar-refractivity contribution < 1.29 is 58.3 Å². The molecule has 1 aliphatic carbocycles. The normalized spacial score (nSPS) is 23.8. The van der Waals surface area contributed by atoms with Crippen LogP contribution in [0.2, 0.25) is 0 Å². The Hall–Kier alpha value is -0.660. The minimum Gasteiger partial charge on any atom is -0.457 e. The van der Waals surface area contributed by atoms with Crippen molar-refractivity contribution in [2.45, 2.75) is 224 Å². The lowest BCUT2D eigenvalue weighted by molar-refractivity contribution is -0.220. The van der Waals surface area contributed by atoms with Crippen LogP contribution in [0.1, 0.15) is 181 Å². The second kappa shape index (κ2) is 31.5. The minimum absolute atomic E-state index is 0.0689. The van der Waals surface area contributed by atoms with E-state index in [0.717, 1.165) is 38.5 Å². The summed E-state index contributed by atoms with van der Waals surface area (Å²) in [5.74, 6) is -0.477. The van der Waals surface area contributed by atoms with E-state index in [1.54, 1.807) is 0 Å². The van der Waals surface area contributed by atoms with Crippen LogP contribution in [-0.2, 0) is 27.9 Å². The van der Waals surface area contributed by atoms with Crippen molar-refractivity contribution in [2.75, 3.05) is 19.8 Å². The number of rotatable bonds is 35. The molecule has 1 saturated carbocycles. The Labute approximate surface area is 315 Å². The van der Waals surface area contributed by atoms with E-state index in [1.165, 1.54) is 116 Å². The number of ether oxygens (including phenoxy) is 2. The van der Waals surface area contributed by atoms with E-state index in [0.29, 0.717) is 13.0 Å². The number of hydrogen-bond donors (Lipinski definition) is 6. The van der Waals surface area contributed by atoms with Crippen LogP contribution in [0.3, 0.4) is 0 Å². The first kappa shape index (κ1) is 49.4. The molecule has 13 heteroatoms. The fourth-order valence-corrected chi connectivity index (χ4v) is 7.56. The molecule has 6 unspecified atom stereocenters. The molecule has 6 atom stereocenters. The fourth-order valence-electron chi connectivity index (χ4n) is 6.59. The van der Waals surface area contributed by atoms with Gasteiger partial charge in [0.15, 0.2) is 0 Å². The molecular formula is C39H77O12P. The topological polar surface area (TPSA) is 192 Å². The van der Waals surface area contributed by atoms with Crippen LogP contribution >= 0.6 is 7.82 Å². The first-order valence-corrected chi connectivity index (χ1v) is 22.4. The average Bonchev–Trinajstić information content (AvgIpc) is 3.12. The van der Waals surface area contributed by atoms with Crippen molar-refractivity contribution >= 4 is 13.8 Å². The number of aliphatic hydroxyl groups is 5. The zero-order valence-electron chi connectivity index (χ0n) is 32.6. The maximum atomic E-state index is 12.7. The molecule has 0 aromatic heterocycles. The highest BCUT2D eigenvalue weighted by Gasteiger charge is 2.51. The quantitative estimate of drug-likeness (QED) is 0.0213. The lowest BCUT2D eigenvalue weighted by atomic mass is 9.85. The maximum absolute atomic E-state index is 12.7. The molecule has 0 amide bonds. The van der Waals surface area contributed by atoms with Gasteiger partial charge in [-0.05, 0) is 12.8 Å². The molecule has 310 valence electrons. The highest BCUT2D eigenvalue weighted by Crippen LogP contribution is 2.47. The number of carbonyl (C=O) groups excluding carboxylic acids is 1. The summed E-state index contributed by atoms with van der Waals surface area (Å²) in [5, 5.41) is 50.0. The highest BCUT2D eigenvalue weighted by atomic mass is 31.2. The molecule has 0 aromatic carbocycles. The van der Waals surface area contributed by atoms with E-state index in [4.69, 9.17) is 18.5 Å². The molecule has 1 aliphatic rings. The zero-order valence-corrected chi connectivity index (χ0v) is 33.5. The largest absolute Gasteiger partial charge is 0.472 e. The van der Waals surface area contributed by atoms with Gasteiger partial charge in [0.2, 0.25) is 0 Å². The summed E-state index contributed by atoms with van der Waals surface area (Å²) in [4.78, 5) is 23.0. The van der Waals surface area contributed by atoms with Crippen LogP contribution in [0.15, 0.2) is 0 Å². The molecular weight excluding hydrogens is 691 g/mol. The average molecular weight is 769 g/mol. The number of hydrogen-bond acceptors (Lipinski definition) is 11. The van der Waals surface area contributed by atoms with Crippen LogP contribution in [0.4, 0.5) is 0 Å². The van der Waals surface area contributed by atoms with Gasteiger partial charge in [0.25, 0.3) is 0 Å². The van der Waals surface area contributed by atoms with Crippen LogP contribution in [0.25, 0.3) is 0 Å². The van der Waals surface area contributed by atoms with Crippen molar-refractivity contribution in [3.8, 4) is 0 Å². The Bertz CT molecular complexity index is 879. The van der Waals surface area contributed by atoms with Gasteiger partial charge in [0, 0.05) is 13.0 Å². The third kappa shape index (κ3) is 24.0. The van der Waals surface area contributed by atoms with E-state index < -0.39 is 63.1 Å². The molecule has 1 fully saturated rings. The van der Waals surface area contributed by atoms with E-state index in [1.807, 2.05) is 0 Å². The standard InChI is InChI=1S/C39H77O12P/c1-3-5-7-9-11-13-14-15-16-17-18-19-21-23-25-27-29-48-30-32(50-33(40)28-26-24-22-20-12-10-8-6-4-2)31-49-52(46,47)51-39-37(44)35(42)34(41)36(43)38(39)45/h32,34-39,41-45H,3-31H2,1-2H3,(H,46,47). The molecule has 0 aliphatic heterocycles. The summed E-state index contributed by atoms with van der Waals surface area (Å²) in [6.45, 7) is 4.24. The van der Waals surface area contributed by atoms with Gasteiger partial charge in [0.05, 0.1) is 13.2 Å². The molecule has 0 spiro atoms. The summed E-state index contributed by atoms with van der Waals surface area (Å²) in [7, 11) is -5.00. The van der Waals surface area contributed by atoms with Crippen LogP contribution in [0, 0.1) is 0 Å². The lowest BCUT2D eigenvalue weighted by Crippen LogP contribution is -2.64.